The van der Waals surface area contributed by atoms with Crippen LogP contribution in [0.25, 0.3) is 10.5 Å². The molecule has 1 aliphatic carbocycles. The minimum absolute atomic E-state index is 0. The van der Waals surface area contributed by atoms with Crippen molar-refractivity contribution in [3.05, 3.63) is 39.9 Å². The summed E-state index contributed by atoms with van der Waals surface area (Å²) in [5, 5.41) is 19.7. The van der Waals surface area contributed by atoms with Crippen LogP contribution in [0.1, 0.15) is 12.1 Å². The van der Waals surface area contributed by atoms with E-state index in [1.807, 2.05) is 0 Å². The van der Waals surface area contributed by atoms with Crippen molar-refractivity contribution in [2.24, 2.45) is 5.14 Å². The van der Waals surface area contributed by atoms with Gasteiger partial charge in [0.2, 0.25) is 9.30 Å². The molecule has 0 unspecified atom stereocenters. The monoisotopic (exact) mass is 437 g/mol. The Morgan fingerprint density at radius 3 is 2.74 bits per heavy atom. The molecule has 0 aliphatic heterocycles. The van der Waals surface area contributed by atoms with Crippen molar-refractivity contribution in [1.82, 2.24) is 14.6 Å². The molecule has 0 atom stereocenters. The van der Waals surface area contributed by atoms with Crippen molar-refractivity contribution >= 4 is 66.0 Å². The molecule has 0 spiro atoms. The molecular formula is C10H8BrN5O4S3. The molecule has 0 saturated carbocycles. The molecule has 0 radical (unpaired) electrons. The van der Waals surface area contributed by atoms with Gasteiger partial charge in [0.25, 0.3) is 15.7 Å². The second-order valence-electron chi connectivity index (χ2n) is 4.34. The van der Waals surface area contributed by atoms with E-state index in [9.17, 15) is 18.5 Å². The van der Waals surface area contributed by atoms with Crippen molar-refractivity contribution in [1.29, 1.82) is 0 Å². The summed E-state index contributed by atoms with van der Waals surface area (Å²) in [7, 11) is -3.90. The molecule has 0 amide bonds. The highest BCUT2D eigenvalue weighted by molar-refractivity contribution is 8.93. The molecule has 0 fully saturated rings. The fourth-order valence-electron chi connectivity index (χ4n) is 1.87. The lowest BCUT2D eigenvalue weighted by Crippen LogP contribution is -2.12. The number of hydrogen-bond donors (Lipinski definition) is 1. The van der Waals surface area contributed by atoms with Crippen LogP contribution in [0.2, 0.25) is 0 Å². The lowest BCUT2D eigenvalue weighted by atomic mass is 10.0. The minimum atomic E-state index is -3.90. The number of rotatable bonds is 3. The third kappa shape index (κ3) is 3.37. The summed E-state index contributed by atoms with van der Waals surface area (Å²) in [5.41, 5.74) is 0.800. The Kier molecular flexibility index (Phi) is 4.77. The Balaban J connectivity index is 0.00000192. The van der Waals surface area contributed by atoms with Gasteiger partial charge in [-0.1, -0.05) is 23.6 Å². The van der Waals surface area contributed by atoms with Gasteiger partial charge in [-0.05, 0) is 6.08 Å². The van der Waals surface area contributed by atoms with E-state index in [2.05, 4.69) is 10.1 Å². The van der Waals surface area contributed by atoms with Gasteiger partial charge in [-0.3, -0.25) is 10.1 Å². The maximum atomic E-state index is 11.2. The van der Waals surface area contributed by atoms with Crippen molar-refractivity contribution in [3.63, 3.8) is 0 Å². The third-order valence-electron chi connectivity index (χ3n) is 2.84. The number of aromatic nitrogens is 3. The first-order valence-electron chi connectivity index (χ1n) is 5.74. The van der Waals surface area contributed by atoms with Crippen molar-refractivity contribution in [2.75, 3.05) is 0 Å². The maximum Gasteiger partial charge on any atom is 0.267 e. The molecule has 1 aliphatic rings. The summed E-state index contributed by atoms with van der Waals surface area (Å²) < 4.78 is 23.5. The van der Waals surface area contributed by atoms with Gasteiger partial charge in [0, 0.05) is 22.9 Å². The van der Waals surface area contributed by atoms with Gasteiger partial charge in [-0.15, -0.1) is 22.1 Å². The minimum Gasteiger partial charge on any atom is -0.258 e. The fourth-order valence-corrected chi connectivity index (χ4v) is 3.62. The van der Waals surface area contributed by atoms with Crippen LogP contribution in [0.15, 0.2) is 28.4 Å². The predicted molar refractivity (Wildman–Crippen MR) is 92.8 cm³/mol. The Labute approximate surface area is 149 Å². The van der Waals surface area contributed by atoms with E-state index in [4.69, 9.17) is 17.4 Å². The molecule has 0 aromatic carbocycles. The summed E-state index contributed by atoms with van der Waals surface area (Å²) in [4.78, 5) is 15.4. The average molecular weight is 438 g/mol. The highest BCUT2D eigenvalue weighted by Gasteiger charge is 2.23. The van der Waals surface area contributed by atoms with Gasteiger partial charge in [0.15, 0.2) is 0 Å². The van der Waals surface area contributed by atoms with E-state index in [1.165, 1.54) is 22.9 Å². The van der Waals surface area contributed by atoms with E-state index in [0.29, 0.717) is 21.1 Å². The molecule has 2 heterocycles. The Morgan fingerprint density at radius 1 is 1.48 bits per heavy atom. The van der Waals surface area contributed by atoms with Gasteiger partial charge in [-0.2, -0.15) is 0 Å². The molecule has 2 aromatic rings. The normalized spacial score (nSPS) is 15.1. The zero-order chi connectivity index (χ0) is 16.1. The first kappa shape index (κ1) is 17.8. The molecule has 3 rings (SSSR count). The first-order chi connectivity index (χ1) is 10.3. The molecule has 0 saturated heterocycles. The van der Waals surface area contributed by atoms with Gasteiger partial charge in [-0.25, -0.2) is 23.1 Å². The first-order valence-corrected chi connectivity index (χ1v) is 8.51. The van der Waals surface area contributed by atoms with E-state index in [-0.39, 0.29) is 33.4 Å². The number of primary sulfonamides is 1. The van der Waals surface area contributed by atoms with E-state index < -0.39 is 14.9 Å². The number of fused-ring (bicyclic) bond motifs is 1. The fraction of sp³-hybridized carbons (Fsp3) is 0.100. The SMILES string of the molecule is Br.NS(=O)(=O)c1nn2cc(C3=CC([N+](=O)[O-])=CCC3=S)nc2s1. The number of nitro groups is 1. The zero-order valence-electron chi connectivity index (χ0n) is 11.1. The summed E-state index contributed by atoms with van der Waals surface area (Å²) in [5.74, 6) is 0. The largest absolute Gasteiger partial charge is 0.267 e. The number of allylic oxidation sites excluding steroid dienone is 3. The molecule has 2 N–H and O–H groups in total. The highest BCUT2D eigenvalue weighted by atomic mass is 79.9. The van der Waals surface area contributed by atoms with Crippen molar-refractivity contribution in [3.8, 4) is 0 Å². The molecule has 23 heavy (non-hydrogen) atoms. The second-order valence-corrected chi connectivity index (χ2v) is 7.52. The lowest BCUT2D eigenvalue weighted by Gasteiger charge is -2.08. The van der Waals surface area contributed by atoms with E-state index >= 15 is 0 Å². The van der Waals surface area contributed by atoms with Crippen LogP contribution < -0.4 is 5.14 Å². The van der Waals surface area contributed by atoms with Crippen LogP contribution in [0.3, 0.4) is 0 Å². The van der Waals surface area contributed by atoms with Crippen LogP contribution in [0.5, 0.6) is 0 Å². The van der Waals surface area contributed by atoms with Crippen LogP contribution in [-0.4, -0.2) is 32.8 Å². The number of hydrogen-bond acceptors (Lipinski definition) is 8. The van der Waals surface area contributed by atoms with E-state index in [1.54, 1.807) is 0 Å². The smallest absolute Gasteiger partial charge is 0.258 e. The molecule has 122 valence electrons. The topological polar surface area (TPSA) is 133 Å². The standard InChI is InChI=1S/C10H7N5O4S3.BrH/c11-22(18,19)10-13-14-4-7(12-9(14)21-10)6-3-5(15(16)17)1-2-8(6)20;/h1,3-4H,2H2,(H2,11,18,19);1H. The van der Waals surface area contributed by atoms with Gasteiger partial charge in [0.05, 0.1) is 16.8 Å². The van der Waals surface area contributed by atoms with E-state index in [0.717, 1.165) is 11.3 Å². The predicted octanol–water partition coefficient (Wildman–Crippen LogP) is 1.33. The number of nitrogens with two attached hydrogens (primary N) is 1. The number of imidazole rings is 1. The Bertz CT molecular complexity index is 956. The highest BCUT2D eigenvalue weighted by Crippen LogP contribution is 2.27. The second kappa shape index (κ2) is 6.16. The number of halogens is 1. The van der Waals surface area contributed by atoms with Gasteiger partial charge >= 0.3 is 0 Å². The van der Waals surface area contributed by atoms with Crippen LogP contribution >= 0.6 is 40.5 Å². The quantitative estimate of drug-likeness (QED) is 0.434. The number of nitrogens with zero attached hydrogens (tertiary/aromatic N) is 4. The Hall–Kier alpha value is -1.54. The number of sulfonamides is 1. The molecule has 2 aromatic heterocycles. The molecular weight excluding hydrogens is 430 g/mol. The van der Waals surface area contributed by atoms with Gasteiger partial charge in [0.1, 0.15) is 0 Å². The van der Waals surface area contributed by atoms with Crippen molar-refractivity contribution < 1.29 is 13.3 Å². The summed E-state index contributed by atoms with van der Waals surface area (Å²) >= 11 is 6.00. The molecule has 13 heteroatoms. The summed E-state index contributed by atoms with van der Waals surface area (Å²) in [6, 6.07) is 0. The van der Waals surface area contributed by atoms with Gasteiger partial charge < -0.3 is 0 Å². The third-order valence-corrected chi connectivity index (χ3v) is 5.46. The average Bonchev–Trinajstić information content (AvgIpc) is 2.96. The van der Waals surface area contributed by atoms with Crippen LogP contribution in [0.4, 0.5) is 0 Å². The summed E-state index contributed by atoms with van der Waals surface area (Å²) in [6.07, 6.45) is 4.51. The van der Waals surface area contributed by atoms with Crippen LogP contribution in [0, 0.1) is 10.1 Å². The zero-order valence-corrected chi connectivity index (χ0v) is 15.2. The Morgan fingerprint density at radius 2 is 2.17 bits per heavy atom. The number of thiocarbonyl (C=S) groups is 1. The maximum absolute atomic E-state index is 11.2. The molecule has 0 bridgehead atoms. The lowest BCUT2D eigenvalue weighted by molar-refractivity contribution is -0.419. The van der Waals surface area contributed by atoms with Crippen LogP contribution in [-0.2, 0) is 10.0 Å². The summed E-state index contributed by atoms with van der Waals surface area (Å²) in [6.45, 7) is 0. The molecule has 9 nitrogen and oxygen atoms in total. The van der Waals surface area contributed by atoms with Crippen molar-refractivity contribution in [2.45, 2.75) is 10.8 Å².